The number of fused-ring (bicyclic) bond motifs is 1. The first-order chi connectivity index (χ1) is 9.29. The summed E-state index contributed by atoms with van der Waals surface area (Å²) in [5.41, 5.74) is 6.70. The molecule has 5 atom stereocenters. The zero-order valence-corrected chi connectivity index (χ0v) is 11.9. The second-order valence-electron chi connectivity index (χ2n) is 7.35. The van der Waals surface area contributed by atoms with Crippen LogP contribution in [0.4, 0.5) is 0 Å². The molecule has 2 aliphatic heterocycles. The maximum absolute atomic E-state index is 6.67. The summed E-state index contributed by atoms with van der Waals surface area (Å²) in [5.74, 6) is 3.46. The Morgan fingerprint density at radius 3 is 2.53 bits per heavy atom. The van der Waals surface area contributed by atoms with Gasteiger partial charge in [0.05, 0.1) is 12.2 Å². The number of nitrogens with two attached hydrogens (primary N) is 1. The molecule has 0 aromatic heterocycles. The van der Waals surface area contributed by atoms with Gasteiger partial charge >= 0.3 is 0 Å². The lowest BCUT2D eigenvalue weighted by Gasteiger charge is -2.39. The fourth-order valence-corrected chi connectivity index (χ4v) is 5.19. The first-order valence-electron chi connectivity index (χ1n) is 8.26. The van der Waals surface area contributed by atoms with E-state index in [4.69, 9.17) is 15.2 Å². The van der Waals surface area contributed by atoms with E-state index >= 15 is 0 Å². The Labute approximate surface area is 116 Å². The van der Waals surface area contributed by atoms with Crippen LogP contribution in [0.2, 0.25) is 0 Å². The van der Waals surface area contributed by atoms with Crippen LogP contribution < -0.4 is 5.73 Å². The van der Waals surface area contributed by atoms with Gasteiger partial charge in [-0.15, -0.1) is 0 Å². The normalized spacial score (nSPS) is 51.0. The fourth-order valence-electron chi connectivity index (χ4n) is 5.19. The molecule has 2 aliphatic carbocycles. The molecule has 0 aromatic rings. The van der Waals surface area contributed by atoms with E-state index in [1.54, 1.807) is 0 Å². The maximum Gasteiger partial charge on any atom is 0.0939 e. The van der Waals surface area contributed by atoms with Crippen molar-refractivity contribution in [3.63, 3.8) is 0 Å². The third-order valence-corrected chi connectivity index (χ3v) is 6.31. The Kier molecular flexibility index (Phi) is 3.13. The van der Waals surface area contributed by atoms with Gasteiger partial charge in [-0.25, -0.2) is 0 Å². The summed E-state index contributed by atoms with van der Waals surface area (Å²) in [6.07, 6.45) is 9.16. The molecule has 4 aliphatic rings. The topological polar surface area (TPSA) is 44.5 Å². The van der Waals surface area contributed by atoms with E-state index in [2.05, 4.69) is 0 Å². The van der Waals surface area contributed by atoms with Gasteiger partial charge in [0.25, 0.3) is 0 Å². The van der Waals surface area contributed by atoms with Gasteiger partial charge in [0.15, 0.2) is 0 Å². The van der Waals surface area contributed by atoms with Crippen LogP contribution in [0.5, 0.6) is 0 Å². The Morgan fingerprint density at radius 1 is 1.05 bits per heavy atom. The lowest BCUT2D eigenvalue weighted by atomic mass is 9.79. The summed E-state index contributed by atoms with van der Waals surface area (Å²) >= 11 is 0. The van der Waals surface area contributed by atoms with E-state index in [-0.39, 0.29) is 5.60 Å². The average molecular weight is 265 g/mol. The maximum atomic E-state index is 6.67. The van der Waals surface area contributed by atoms with E-state index in [0.29, 0.717) is 12.0 Å². The van der Waals surface area contributed by atoms with Crippen LogP contribution in [0.15, 0.2) is 0 Å². The molecule has 2 N–H and O–H groups in total. The van der Waals surface area contributed by atoms with Crippen LogP contribution in [0.25, 0.3) is 0 Å². The Morgan fingerprint density at radius 2 is 1.84 bits per heavy atom. The van der Waals surface area contributed by atoms with Gasteiger partial charge in [-0.3, -0.25) is 0 Å². The molecular weight excluding hydrogens is 238 g/mol. The predicted molar refractivity (Wildman–Crippen MR) is 73.8 cm³/mol. The molecule has 4 rings (SSSR count). The van der Waals surface area contributed by atoms with Crippen molar-refractivity contribution in [3.05, 3.63) is 0 Å². The number of ether oxygens (including phenoxy) is 2. The van der Waals surface area contributed by atoms with E-state index < -0.39 is 0 Å². The molecule has 3 nitrogen and oxygen atoms in total. The largest absolute Gasteiger partial charge is 0.378 e. The predicted octanol–water partition coefficient (Wildman–Crippen LogP) is 2.34. The molecule has 2 saturated heterocycles. The van der Waals surface area contributed by atoms with Crippen LogP contribution in [0.1, 0.15) is 44.9 Å². The summed E-state index contributed by atoms with van der Waals surface area (Å²) < 4.78 is 11.6. The minimum Gasteiger partial charge on any atom is -0.378 e. The van der Waals surface area contributed by atoms with Gasteiger partial charge in [0.2, 0.25) is 0 Å². The molecule has 2 heterocycles. The molecule has 0 aromatic carbocycles. The van der Waals surface area contributed by atoms with Gasteiger partial charge in [-0.2, -0.15) is 0 Å². The van der Waals surface area contributed by atoms with Gasteiger partial charge in [-0.05, 0) is 49.4 Å². The van der Waals surface area contributed by atoms with E-state index in [1.165, 1.54) is 32.1 Å². The highest BCUT2D eigenvalue weighted by atomic mass is 16.6. The van der Waals surface area contributed by atoms with Crippen molar-refractivity contribution in [2.45, 2.75) is 56.6 Å². The number of hydrogen-bond acceptors (Lipinski definition) is 3. The summed E-state index contributed by atoms with van der Waals surface area (Å²) in [5, 5.41) is 0. The third-order valence-electron chi connectivity index (χ3n) is 6.31. The van der Waals surface area contributed by atoms with Crippen LogP contribution in [0, 0.1) is 23.7 Å². The van der Waals surface area contributed by atoms with Crippen molar-refractivity contribution in [3.8, 4) is 0 Å². The van der Waals surface area contributed by atoms with Crippen molar-refractivity contribution >= 4 is 0 Å². The second kappa shape index (κ2) is 4.71. The van der Waals surface area contributed by atoms with Crippen molar-refractivity contribution in [1.29, 1.82) is 0 Å². The summed E-state index contributed by atoms with van der Waals surface area (Å²) in [6.45, 7) is 2.56. The average Bonchev–Trinajstić information content (AvgIpc) is 3.02. The number of rotatable bonds is 2. The Bertz CT molecular complexity index is 328. The molecule has 0 radical (unpaired) electrons. The fraction of sp³-hybridized carbons (Fsp3) is 1.00. The lowest BCUT2D eigenvalue weighted by molar-refractivity contribution is -0.102. The molecule has 2 saturated carbocycles. The molecule has 19 heavy (non-hydrogen) atoms. The van der Waals surface area contributed by atoms with Gasteiger partial charge in [0, 0.05) is 25.7 Å². The highest BCUT2D eigenvalue weighted by Gasteiger charge is 2.55. The van der Waals surface area contributed by atoms with Gasteiger partial charge in [-0.1, -0.05) is 12.8 Å². The van der Waals surface area contributed by atoms with Crippen molar-refractivity contribution < 1.29 is 9.47 Å². The van der Waals surface area contributed by atoms with E-state index in [0.717, 1.165) is 50.4 Å². The molecule has 4 fully saturated rings. The zero-order valence-electron chi connectivity index (χ0n) is 11.9. The Hall–Kier alpha value is -0.120. The second-order valence-corrected chi connectivity index (χ2v) is 7.35. The highest BCUT2D eigenvalue weighted by molar-refractivity contribution is 5.06. The van der Waals surface area contributed by atoms with Crippen LogP contribution >= 0.6 is 0 Å². The number of hydrogen-bond donors (Lipinski definition) is 1. The highest BCUT2D eigenvalue weighted by Crippen LogP contribution is 2.58. The molecule has 0 amide bonds. The van der Waals surface area contributed by atoms with E-state index in [9.17, 15) is 0 Å². The quantitative estimate of drug-likeness (QED) is 0.833. The Balaban J connectivity index is 1.41. The molecule has 1 spiro atoms. The van der Waals surface area contributed by atoms with Gasteiger partial charge in [0.1, 0.15) is 0 Å². The molecule has 5 unspecified atom stereocenters. The van der Waals surface area contributed by atoms with Gasteiger partial charge < -0.3 is 15.2 Å². The zero-order chi connectivity index (χ0) is 12.9. The smallest absolute Gasteiger partial charge is 0.0939 e. The SMILES string of the molecule is NC(C1CCOC2(CCOC2)C1)C1C2CCCCC21. The van der Waals surface area contributed by atoms with Crippen molar-refractivity contribution in [2.75, 3.05) is 19.8 Å². The molecule has 3 heteroatoms. The lowest BCUT2D eigenvalue weighted by Crippen LogP contribution is -2.46. The first-order valence-corrected chi connectivity index (χ1v) is 8.26. The molecular formula is C16H27NO2. The minimum absolute atomic E-state index is 0.0284. The third kappa shape index (κ3) is 2.14. The van der Waals surface area contributed by atoms with Crippen molar-refractivity contribution in [2.24, 2.45) is 29.4 Å². The molecule has 108 valence electrons. The monoisotopic (exact) mass is 265 g/mol. The first kappa shape index (κ1) is 12.6. The van der Waals surface area contributed by atoms with Crippen LogP contribution in [-0.4, -0.2) is 31.5 Å². The summed E-state index contributed by atoms with van der Waals surface area (Å²) in [4.78, 5) is 0. The summed E-state index contributed by atoms with van der Waals surface area (Å²) in [7, 11) is 0. The van der Waals surface area contributed by atoms with Crippen LogP contribution in [-0.2, 0) is 9.47 Å². The van der Waals surface area contributed by atoms with Crippen molar-refractivity contribution in [1.82, 2.24) is 0 Å². The molecule has 0 bridgehead atoms. The van der Waals surface area contributed by atoms with E-state index in [1.807, 2.05) is 0 Å². The van der Waals surface area contributed by atoms with Crippen LogP contribution in [0.3, 0.4) is 0 Å². The minimum atomic E-state index is 0.0284. The summed E-state index contributed by atoms with van der Waals surface area (Å²) in [6, 6.07) is 0.425. The standard InChI is InChI=1S/C16H27NO2/c17-15(14-12-3-1-2-4-13(12)14)11-5-7-19-16(9-11)6-8-18-10-16/h11-15H,1-10,17H2.